The van der Waals surface area contributed by atoms with Crippen LogP contribution in [-0.2, 0) is 4.79 Å². The lowest BCUT2D eigenvalue weighted by molar-refractivity contribution is -0.385. The zero-order valence-corrected chi connectivity index (χ0v) is 14.9. The van der Waals surface area contributed by atoms with Gasteiger partial charge in [0.25, 0.3) is 11.6 Å². The van der Waals surface area contributed by atoms with Gasteiger partial charge < -0.3 is 5.11 Å². The molecule has 1 amide bonds. The Kier molecular flexibility index (Phi) is 4.88. The van der Waals surface area contributed by atoms with Crippen LogP contribution in [0.3, 0.4) is 0 Å². The van der Waals surface area contributed by atoms with Crippen molar-refractivity contribution in [1.29, 1.82) is 0 Å². The number of nitro benzene ring substituents is 2. The van der Waals surface area contributed by atoms with Crippen molar-refractivity contribution in [3.8, 4) is 5.75 Å². The number of anilines is 1. The summed E-state index contributed by atoms with van der Waals surface area (Å²) < 4.78 is 0.230. The topological polar surface area (TPSA) is 127 Å². The second-order valence-electron chi connectivity index (χ2n) is 5.30. The van der Waals surface area contributed by atoms with Gasteiger partial charge in [0, 0.05) is 18.2 Å². The molecule has 1 N–H and O–H groups in total. The maximum absolute atomic E-state index is 12.7. The molecule has 2 aromatic carbocycles. The van der Waals surface area contributed by atoms with Crippen molar-refractivity contribution in [2.24, 2.45) is 0 Å². The molecule has 27 heavy (non-hydrogen) atoms. The normalized spacial score (nSPS) is 15.4. The van der Waals surface area contributed by atoms with Crippen LogP contribution in [0.1, 0.15) is 5.56 Å². The van der Waals surface area contributed by atoms with Crippen LogP contribution < -0.4 is 4.90 Å². The lowest BCUT2D eigenvalue weighted by Gasteiger charge is -2.13. The number of thioether (sulfide) groups is 1. The Morgan fingerprint density at radius 3 is 2.33 bits per heavy atom. The Morgan fingerprint density at radius 2 is 1.74 bits per heavy atom. The van der Waals surface area contributed by atoms with Gasteiger partial charge in [-0.25, -0.2) is 0 Å². The number of carbonyl (C=O) groups is 1. The fraction of sp³-hybridized carbons (Fsp3) is 0. The molecule has 1 aliphatic heterocycles. The first-order valence-corrected chi connectivity index (χ1v) is 8.50. The molecule has 9 nitrogen and oxygen atoms in total. The zero-order valence-electron chi connectivity index (χ0n) is 13.3. The molecule has 1 saturated heterocycles. The molecular formula is C16H9N3O6S2. The van der Waals surface area contributed by atoms with E-state index in [2.05, 4.69) is 0 Å². The van der Waals surface area contributed by atoms with Crippen LogP contribution in [0.2, 0.25) is 0 Å². The van der Waals surface area contributed by atoms with Crippen LogP contribution in [0.15, 0.2) is 47.4 Å². The fourth-order valence-electron chi connectivity index (χ4n) is 2.34. The van der Waals surface area contributed by atoms with Crippen LogP contribution in [0.25, 0.3) is 6.08 Å². The van der Waals surface area contributed by atoms with E-state index in [-0.39, 0.29) is 14.9 Å². The van der Waals surface area contributed by atoms with Crippen molar-refractivity contribution in [1.82, 2.24) is 0 Å². The highest BCUT2D eigenvalue weighted by atomic mass is 32.2. The number of rotatable bonds is 4. The average Bonchev–Trinajstić information content (AvgIpc) is 2.90. The quantitative estimate of drug-likeness (QED) is 0.355. The number of amides is 1. The number of non-ortho nitro benzene ring substituents is 1. The highest BCUT2D eigenvalue weighted by Crippen LogP contribution is 2.37. The van der Waals surface area contributed by atoms with Crippen molar-refractivity contribution in [2.45, 2.75) is 0 Å². The summed E-state index contributed by atoms with van der Waals surface area (Å²) in [5, 5.41) is 31.2. The molecule has 0 radical (unpaired) electrons. The largest absolute Gasteiger partial charge is 0.502 e. The van der Waals surface area contributed by atoms with Crippen LogP contribution in [-0.4, -0.2) is 25.2 Å². The summed E-state index contributed by atoms with van der Waals surface area (Å²) >= 11 is 6.21. The third-order valence-electron chi connectivity index (χ3n) is 3.61. The van der Waals surface area contributed by atoms with Crippen molar-refractivity contribution in [3.05, 3.63) is 73.2 Å². The minimum atomic E-state index is -0.727. The second kappa shape index (κ2) is 7.13. The summed E-state index contributed by atoms with van der Waals surface area (Å²) in [5.41, 5.74) is 0.137. The van der Waals surface area contributed by atoms with Crippen LogP contribution >= 0.6 is 24.0 Å². The maximum atomic E-state index is 12.7. The Hall–Kier alpha value is -3.31. The third kappa shape index (κ3) is 3.64. The van der Waals surface area contributed by atoms with E-state index in [4.69, 9.17) is 12.2 Å². The van der Waals surface area contributed by atoms with Crippen molar-refractivity contribution < 1.29 is 19.7 Å². The minimum Gasteiger partial charge on any atom is -0.502 e. The number of nitrogens with zero attached hydrogens (tertiary/aromatic N) is 3. The number of aromatic hydroxyl groups is 1. The van der Waals surface area contributed by atoms with Crippen molar-refractivity contribution in [2.75, 3.05) is 4.90 Å². The fourth-order valence-corrected chi connectivity index (χ4v) is 3.64. The first kappa shape index (κ1) is 18.5. The number of thiocarbonyl (C=S) groups is 1. The van der Waals surface area contributed by atoms with Gasteiger partial charge in [0.2, 0.25) is 0 Å². The van der Waals surface area contributed by atoms with E-state index in [1.165, 1.54) is 47.4 Å². The Bertz CT molecular complexity index is 1020. The van der Waals surface area contributed by atoms with Gasteiger partial charge in [-0.15, -0.1) is 0 Å². The second-order valence-corrected chi connectivity index (χ2v) is 6.97. The van der Waals surface area contributed by atoms with Crippen molar-refractivity contribution in [3.63, 3.8) is 0 Å². The maximum Gasteiger partial charge on any atom is 0.311 e. The first-order valence-electron chi connectivity index (χ1n) is 7.28. The predicted octanol–water partition coefficient (Wildman–Crippen LogP) is 3.61. The van der Waals surface area contributed by atoms with Gasteiger partial charge in [0.1, 0.15) is 0 Å². The molecule has 0 unspecified atom stereocenters. The smallest absolute Gasteiger partial charge is 0.311 e. The molecule has 1 fully saturated rings. The van der Waals surface area contributed by atoms with Gasteiger partial charge in [-0.05, 0) is 29.8 Å². The molecule has 0 atom stereocenters. The van der Waals surface area contributed by atoms with E-state index in [0.717, 1.165) is 17.8 Å². The van der Waals surface area contributed by atoms with Crippen molar-refractivity contribution >= 4 is 57.3 Å². The summed E-state index contributed by atoms with van der Waals surface area (Å²) in [5.74, 6) is -0.926. The Morgan fingerprint density at radius 1 is 1.07 bits per heavy atom. The van der Waals surface area contributed by atoms with E-state index in [1.807, 2.05) is 0 Å². The molecule has 2 aromatic rings. The summed E-state index contributed by atoms with van der Waals surface area (Å²) in [4.78, 5) is 34.5. The minimum absolute atomic E-state index is 0.115. The number of hydrogen-bond donors (Lipinski definition) is 1. The summed E-state index contributed by atoms with van der Waals surface area (Å²) in [6.07, 6.45) is 1.43. The number of benzene rings is 2. The van der Waals surface area contributed by atoms with Gasteiger partial charge >= 0.3 is 5.69 Å². The molecule has 0 saturated carbocycles. The Balaban J connectivity index is 1.92. The highest BCUT2D eigenvalue weighted by molar-refractivity contribution is 8.27. The molecule has 3 rings (SSSR count). The van der Waals surface area contributed by atoms with E-state index < -0.39 is 27.2 Å². The number of hydrogen-bond acceptors (Lipinski definition) is 8. The SMILES string of the molecule is O=C1/C(=C/c2ccc(O)c([N+](=O)[O-])c2)SC(=S)N1c1ccc([N+](=O)[O-])cc1. The Labute approximate surface area is 161 Å². The number of phenolic OH excluding ortho intramolecular Hbond substituents is 1. The molecule has 0 spiro atoms. The monoisotopic (exact) mass is 403 g/mol. The third-order valence-corrected chi connectivity index (χ3v) is 4.91. The van der Waals surface area contributed by atoms with E-state index in [0.29, 0.717) is 11.3 Å². The van der Waals surface area contributed by atoms with Crippen LogP contribution in [0, 0.1) is 20.2 Å². The zero-order chi connectivity index (χ0) is 19.7. The number of nitro groups is 2. The number of carbonyl (C=O) groups excluding carboxylic acids is 1. The summed E-state index contributed by atoms with van der Waals surface area (Å²) in [6, 6.07) is 9.10. The van der Waals surface area contributed by atoms with Crippen LogP contribution in [0.4, 0.5) is 17.1 Å². The van der Waals surface area contributed by atoms with Gasteiger partial charge in [-0.2, -0.15) is 0 Å². The lowest BCUT2D eigenvalue weighted by Crippen LogP contribution is -2.27. The van der Waals surface area contributed by atoms with E-state index in [9.17, 15) is 30.1 Å². The summed E-state index contributed by atoms with van der Waals surface area (Å²) in [6.45, 7) is 0. The van der Waals surface area contributed by atoms with E-state index >= 15 is 0 Å². The van der Waals surface area contributed by atoms with Gasteiger partial charge in [-0.1, -0.05) is 30.0 Å². The molecule has 11 heteroatoms. The first-order chi connectivity index (χ1) is 12.8. The average molecular weight is 403 g/mol. The molecular weight excluding hydrogens is 394 g/mol. The van der Waals surface area contributed by atoms with Crippen LogP contribution in [0.5, 0.6) is 5.75 Å². The molecule has 0 aromatic heterocycles. The molecule has 0 aliphatic carbocycles. The number of phenols is 1. The lowest BCUT2D eigenvalue weighted by atomic mass is 10.1. The highest BCUT2D eigenvalue weighted by Gasteiger charge is 2.33. The van der Waals surface area contributed by atoms with Gasteiger partial charge in [0.15, 0.2) is 10.1 Å². The molecule has 0 bridgehead atoms. The molecule has 1 aliphatic rings. The standard InChI is InChI=1S/C16H9N3O6S2/c20-13-6-1-9(7-12(13)19(24)25)8-14-15(21)17(16(26)27-14)10-2-4-11(5-3-10)18(22)23/h1-8,20H/b14-8-. The van der Waals surface area contributed by atoms with Gasteiger partial charge in [-0.3, -0.25) is 29.9 Å². The molecule has 1 heterocycles. The predicted molar refractivity (Wildman–Crippen MR) is 104 cm³/mol. The summed E-state index contributed by atoms with van der Waals surface area (Å²) in [7, 11) is 0. The van der Waals surface area contributed by atoms with Gasteiger partial charge in [0.05, 0.1) is 20.4 Å². The van der Waals surface area contributed by atoms with E-state index in [1.54, 1.807) is 0 Å². The molecule has 136 valence electrons.